The van der Waals surface area contributed by atoms with Crippen LogP contribution in [0.3, 0.4) is 0 Å². The molecule has 0 aromatic carbocycles. The van der Waals surface area contributed by atoms with Gasteiger partial charge in [0, 0.05) is 13.2 Å². The van der Waals surface area contributed by atoms with E-state index in [1.165, 1.54) is 0 Å². The van der Waals surface area contributed by atoms with E-state index in [4.69, 9.17) is 95.0 Å². The molecule has 1 aliphatic rings. The van der Waals surface area contributed by atoms with Crippen molar-refractivity contribution in [3.8, 4) is 0 Å². The summed E-state index contributed by atoms with van der Waals surface area (Å²) in [5.41, 5.74) is 0. The molecule has 0 N–H and O–H groups in total. The molecule has 0 bridgehead atoms. The normalized spacial score (nSPS) is 24.0. The van der Waals surface area contributed by atoms with E-state index in [9.17, 15) is 0 Å². The second kappa shape index (κ2) is 54.3. The van der Waals surface area contributed by atoms with Gasteiger partial charge in [-0.1, -0.05) is 0 Å². The molecule has 0 radical (unpaired) electrons. The Morgan fingerprint density at radius 1 is 0.100 bits per heavy atom. The highest BCUT2D eigenvalue weighted by atomic mass is 17.2. The summed E-state index contributed by atoms with van der Waals surface area (Å²) in [6.07, 6.45) is 1.87. The third kappa shape index (κ3) is 51.5. The van der Waals surface area contributed by atoms with Crippen LogP contribution in [-0.2, 0) is 95.0 Å². The lowest BCUT2D eigenvalue weighted by molar-refractivity contribution is -0.303. The van der Waals surface area contributed by atoms with Crippen molar-refractivity contribution >= 4 is 0 Å². The molecule has 0 aliphatic carbocycles. The lowest BCUT2D eigenvalue weighted by Gasteiger charge is -2.09. The molecule has 0 aromatic heterocycles. The Labute approximate surface area is 358 Å². The fraction of sp³-hybridized carbons (Fsp3) is 1.00. The molecular weight excluding hydrogens is 800 g/mol. The summed E-state index contributed by atoms with van der Waals surface area (Å²) in [4.78, 5) is 10.1. The smallest absolute Gasteiger partial charge is 0.106 e. The lowest BCUT2D eigenvalue weighted by atomic mass is 10.3. The average molecular weight is 881 g/mol. The van der Waals surface area contributed by atoms with Crippen LogP contribution >= 0.6 is 0 Å². The van der Waals surface area contributed by atoms with Crippen molar-refractivity contribution in [2.24, 2.45) is 0 Å². The van der Waals surface area contributed by atoms with Gasteiger partial charge in [0.05, 0.1) is 225 Å². The maximum Gasteiger partial charge on any atom is 0.106 e. The average Bonchev–Trinajstić information content (AvgIpc) is 3.26. The first-order valence-corrected chi connectivity index (χ1v) is 21.6. The first-order valence-electron chi connectivity index (χ1n) is 21.6. The number of rotatable bonds is 0. The minimum Gasteiger partial charge on any atom is -0.379 e. The third-order valence-corrected chi connectivity index (χ3v) is 7.48. The van der Waals surface area contributed by atoms with Crippen LogP contribution in [0.25, 0.3) is 0 Å². The third-order valence-electron chi connectivity index (χ3n) is 7.48. The predicted octanol–water partition coefficient (Wildman–Crippen LogP) is 1.03. The van der Waals surface area contributed by atoms with Gasteiger partial charge in [-0.15, -0.1) is 0 Å². The zero-order chi connectivity index (χ0) is 42.4. The van der Waals surface area contributed by atoms with Crippen LogP contribution in [0.4, 0.5) is 0 Å². The van der Waals surface area contributed by atoms with E-state index in [2.05, 4.69) is 0 Å². The molecule has 0 amide bonds. The quantitative estimate of drug-likeness (QED) is 0.314. The zero-order valence-electron chi connectivity index (χ0n) is 36.4. The highest BCUT2D eigenvalue weighted by Gasteiger charge is 1.99. The van der Waals surface area contributed by atoms with Gasteiger partial charge in [-0.2, -0.15) is 0 Å². The van der Waals surface area contributed by atoms with E-state index in [0.717, 1.165) is 12.8 Å². The van der Waals surface area contributed by atoms with Gasteiger partial charge in [0.25, 0.3) is 0 Å². The summed E-state index contributed by atoms with van der Waals surface area (Å²) in [6, 6.07) is 0. The molecular formula is C40H80O20. The second-order valence-electron chi connectivity index (χ2n) is 12.4. The molecule has 360 valence electrons. The SMILES string of the molecule is C1CCOCCOCCOCCOCCOCCOCCOCCOCCOCCOOCCOCCOCCOCCOCCOCCOCCOCCOCCOC1. The molecule has 0 aromatic rings. The van der Waals surface area contributed by atoms with Crippen molar-refractivity contribution in [1.29, 1.82) is 0 Å². The fourth-order valence-corrected chi connectivity index (χ4v) is 4.43. The molecule has 1 aliphatic heterocycles. The van der Waals surface area contributed by atoms with Gasteiger partial charge in [-0.3, -0.25) is 0 Å². The predicted molar refractivity (Wildman–Crippen MR) is 216 cm³/mol. The van der Waals surface area contributed by atoms with Gasteiger partial charge >= 0.3 is 0 Å². The summed E-state index contributed by atoms with van der Waals surface area (Å²) in [7, 11) is 0. The van der Waals surface area contributed by atoms with Gasteiger partial charge in [0.2, 0.25) is 0 Å². The standard InChI is InChI=1S/C40H80O20/c1-2-4-42-6-8-44-10-12-46-14-16-48-18-20-50-22-24-52-26-28-54-30-32-56-34-36-58-38-40-60-59-39-37-57-35-33-55-31-29-53-27-25-51-23-21-49-19-17-47-15-13-45-11-9-43-7-5-41-3-1/h1-40H2. The highest BCUT2D eigenvalue weighted by molar-refractivity contribution is 4.43. The molecule has 0 unspecified atom stereocenters. The largest absolute Gasteiger partial charge is 0.379 e. The number of ether oxygens (including phenoxy) is 18. The Morgan fingerprint density at radius 2 is 0.200 bits per heavy atom. The number of hydrogen-bond acceptors (Lipinski definition) is 20. The molecule has 0 atom stereocenters. The van der Waals surface area contributed by atoms with Crippen LogP contribution in [0.1, 0.15) is 12.8 Å². The van der Waals surface area contributed by atoms with Crippen LogP contribution in [0.2, 0.25) is 0 Å². The van der Waals surface area contributed by atoms with Crippen LogP contribution in [0.15, 0.2) is 0 Å². The van der Waals surface area contributed by atoms with Crippen molar-refractivity contribution < 1.29 is 95.0 Å². The van der Waals surface area contributed by atoms with E-state index in [-0.39, 0.29) is 0 Å². The van der Waals surface area contributed by atoms with Crippen molar-refractivity contribution in [2.75, 3.05) is 251 Å². The monoisotopic (exact) mass is 881 g/mol. The minimum atomic E-state index is 0.313. The van der Waals surface area contributed by atoms with Gasteiger partial charge < -0.3 is 85.3 Å². The molecule has 1 fully saturated rings. The topological polar surface area (TPSA) is 185 Å². The summed E-state index contributed by atoms with van der Waals surface area (Å²) >= 11 is 0. The Kier molecular flexibility index (Phi) is 51.8. The summed E-state index contributed by atoms with van der Waals surface area (Å²) in [5.74, 6) is 0. The molecule has 60 heavy (non-hydrogen) atoms. The van der Waals surface area contributed by atoms with Crippen molar-refractivity contribution in [1.82, 2.24) is 0 Å². The van der Waals surface area contributed by atoms with Crippen molar-refractivity contribution in [2.45, 2.75) is 12.8 Å². The summed E-state index contributed by atoms with van der Waals surface area (Å²) in [5, 5.41) is 0. The van der Waals surface area contributed by atoms with E-state index in [1.54, 1.807) is 0 Å². The van der Waals surface area contributed by atoms with Gasteiger partial charge in [0.15, 0.2) is 0 Å². The van der Waals surface area contributed by atoms with E-state index in [1.807, 2.05) is 0 Å². The fourth-order valence-electron chi connectivity index (χ4n) is 4.43. The van der Waals surface area contributed by atoms with Gasteiger partial charge in [-0.25, -0.2) is 9.78 Å². The Morgan fingerprint density at radius 3 is 0.333 bits per heavy atom. The van der Waals surface area contributed by atoms with Crippen LogP contribution < -0.4 is 0 Å². The van der Waals surface area contributed by atoms with E-state index in [0.29, 0.717) is 251 Å². The van der Waals surface area contributed by atoms with E-state index >= 15 is 0 Å². The maximum absolute atomic E-state index is 5.61. The molecule has 0 saturated carbocycles. The number of hydrogen-bond donors (Lipinski definition) is 0. The van der Waals surface area contributed by atoms with Crippen molar-refractivity contribution in [3.63, 3.8) is 0 Å². The first-order chi connectivity index (χ1) is 30.0. The zero-order valence-corrected chi connectivity index (χ0v) is 36.4. The Hall–Kier alpha value is -0.800. The molecule has 1 heterocycles. The first kappa shape index (κ1) is 57.2. The molecule has 1 saturated heterocycles. The van der Waals surface area contributed by atoms with Gasteiger partial charge in [0.1, 0.15) is 13.2 Å². The minimum absolute atomic E-state index is 0.313. The van der Waals surface area contributed by atoms with Crippen LogP contribution in [0.5, 0.6) is 0 Å². The van der Waals surface area contributed by atoms with E-state index < -0.39 is 0 Å². The highest BCUT2D eigenvalue weighted by Crippen LogP contribution is 1.94. The molecule has 20 nitrogen and oxygen atoms in total. The lowest BCUT2D eigenvalue weighted by Crippen LogP contribution is -2.15. The molecule has 1 rings (SSSR count). The maximum atomic E-state index is 5.61. The van der Waals surface area contributed by atoms with Crippen LogP contribution in [0, 0.1) is 0 Å². The Bertz CT molecular complexity index is 410. The summed E-state index contributed by atoms with van der Waals surface area (Å²) in [6.45, 7) is 18.8. The van der Waals surface area contributed by atoms with Crippen LogP contribution in [-0.4, -0.2) is 251 Å². The summed E-state index contributed by atoms with van der Waals surface area (Å²) < 4.78 is 99.2. The molecule has 0 spiro atoms. The van der Waals surface area contributed by atoms with Crippen molar-refractivity contribution in [3.05, 3.63) is 0 Å². The van der Waals surface area contributed by atoms with Gasteiger partial charge in [-0.05, 0) is 12.8 Å². The second-order valence-corrected chi connectivity index (χ2v) is 12.4. The molecule has 20 heteroatoms. The Balaban J connectivity index is 2.00.